The number of benzene rings is 1. The van der Waals surface area contributed by atoms with Gasteiger partial charge in [0.2, 0.25) is 0 Å². The molecule has 1 aromatic heterocycles. The number of nitrogen functional groups attached to an aromatic ring is 2. The third-order valence-corrected chi connectivity index (χ3v) is 2.42. The Kier molecular flexibility index (Phi) is 2.64. The van der Waals surface area contributed by atoms with Crippen LogP contribution in [-0.4, -0.2) is 12.1 Å². The van der Waals surface area contributed by atoms with Gasteiger partial charge in [-0.3, -0.25) is 0 Å². The van der Waals surface area contributed by atoms with E-state index in [1.165, 1.54) is 0 Å². The van der Waals surface area contributed by atoms with E-state index in [0.717, 1.165) is 16.9 Å². The highest BCUT2D eigenvalue weighted by molar-refractivity contribution is 5.85. The Bertz CT molecular complexity index is 511. The lowest BCUT2D eigenvalue weighted by Gasteiger charge is -2.11. The van der Waals surface area contributed by atoms with Gasteiger partial charge in [0.05, 0.1) is 12.8 Å². The molecule has 0 fully saturated rings. The molecule has 2 rings (SSSR count). The number of ether oxygens (including phenoxy) is 1. The van der Waals surface area contributed by atoms with E-state index in [9.17, 15) is 0 Å². The number of nitrogens with two attached hydrogens (primary N) is 2. The fraction of sp³-hybridized carbons (Fsp3) is 0.0833. The van der Waals surface area contributed by atoms with Gasteiger partial charge in [0.15, 0.2) is 0 Å². The van der Waals surface area contributed by atoms with Crippen LogP contribution >= 0.6 is 0 Å². The molecule has 4 nitrogen and oxygen atoms in total. The van der Waals surface area contributed by atoms with Gasteiger partial charge in [-0.1, -0.05) is 18.2 Å². The van der Waals surface area contributed by atoms with Crippen LogP contribution in [0.1, 0.15) is 0 Å². The second-order valence-electron chi connectivity index (χ2n) is 3.36. The number of nitrogens with zero attached hydrogens (tertiary/aromatic N) is 1. The first kappa shape index (κ1) is 10.3. The molecule has 0 saturated carbocycles. The molecule has 0 radical (unpaired) electrons. The van der Waals surface area contributed by atoms with E-state index in [0.29, 0.717) is 11.5 Å². The van der Waals surface area contributed by atoms with Crippen molar-refractivity contribution in [2.45, 2.75) is 0 Å². The van der Waals surface area contributed by atoms with Crippen molar-refractivity contribution >= 4 is 11.5 Å². The molecular formula is C12H13N3O. The van der Waals surface area contributed by atoms with Crippen LogP contribution < -0.4 is 16.2 Å². The maximum absolute atomic E-state index is 5.90. The third kappa shape index (κ3) is 1.65. The predicted octanol–water partition coefficient (Wildman–Crippen LogP) is 1.92. The quantitative estimate of drug-likeness (QED) is 0.802. The summed E-state index contributed by atoms with van der Waals surface area (Å²) in [5, 5.41) is 0. The summed E-state index contributed by atoms with van der Waals surface area (Å²) in [4.78, 5) is 3.93. The normalized spacial score (nSPS) is 10.1. The van der Waals surface area contributed by atoms with Gasteiger partial charge in [-0.05, 0) is 12.1 Å². The molecule has 4 N–H and O–H groups in total. The van der Waals surface area contributed by atoms with Crippen molar-refractivity contribution in [2.24, 2.45) is 0 Å². The van der Waals surface area contributed by atoms with Crippen LogP contribution in [0.3, 0.4) is 0 Å². The lowest BCUT2D eigenvalue weighted by atomic mass is 10.0. The van der Waals surface area contributed by atoms with E-state index >= 15 is 0 Å². The van der Waals surface area contributed by atoms with Crippen molar-refractivity contribution in [1.82, 2.24) is 4.98 Å². The van der Waals surface area contributed by atoms with Gasteiger partial charge in [0.1, 0.15) is 11.6 Å². The Morgan fingerprint density at radius 2 is 1.81 bits per heavy atom. The number of hydrogen-bond donors (Lipinski definition) is 2. The van der Waals surface area contributed by atoms with E-state index in [2.05, 4.69) is 4.98 Å². The number of pyridine rings is 1. The number of aromatic nitrogens is 1. The zero-order valence-electron chi connectivity index (χ0n) is 8.97. The highest BCUT2D eigenvalue weighted by Gasteiger charge is 2.09. The Morgan fingerprint density at radius 3 is 2.56 bits per heavy atom. The Labute approximate surface area is 93.9 Å². The van der Waals surface area contributed by atoms with Gasteiger partial charge < -0.3 is 16.2 Å². The van der Waals surface area contributed by atoms with Gasteiger partial charge in [0, 0.05) is 17.3 Å². The van der Waals surface area contributed by atoms with Gasteiger partial charge >= 0.3 is 0 Å². The minimum Gasteiger partial charge on any atom is -0.496 e. The van der Waals surface area contributed by atoms with Crippen LogP contribution in [0.2, 0.25) is 0 Å². The van der Waals surface area contributed by atoms with Crippen molar-refractivity contribution in [3.63, 3.8) is 0 Å². The second kappa shape index (κ2) is 4.10. The molecule has 2 aromatic rings. The van der Waals surface area contributed by atoms with E-state index in [1.54, 1.807) is 13.3 Å². The molecule has 0 aliphatic heterocycles. The topological polar surface area (TPSA) is 74.2 Å². The molecule has 0 saturated heterocycles. The first-order valence-electron chi connectivity index (χ1n) is 4.87. The van der Waals surface area contributed by atoms with Crippen molar-refractivity contribution in [3.8, 4) is 16.9 Å². The van der Waals surface area contributed by atoms with Crippen LogP contribution in [0.25, 0.3) is 11.1 Å². The first-order chi connectivity index (χ1) is 7.74. The summed E-state index contributed by atoms with van der Waals surface area (Å²) >= 11 is 0. The van der Waals surface area contributed by atoms with Crippen LogP contribution in [-0.2, 0) is 0 Å². The summed E-state index contributed by atoms with van der Waals surface area (Å²) in [7, 11) is 1.62. The molecule has 0 unspecified atom stereocenters. The molecule has 0 amide bonds. The molecule has 82 valence electrons. The highest BCUT2D eigenvalue weighted by atomic mass is 16.5. The first-order valence-corrected chi connectivity index (χ1v) is 4.87. The highest BCUT2D eigenvalue weighted by Crippen LogP contribution is 2.34. The van der Waals surface area contributed by atoms with Crippen LogP contribution in [0.4, 0.5) is 11.5 Å². The number of rotatable bonds is 2. The summed E-state index contributed by atoms with van der Waals surface area (Å²) in [6.07, 6.45) is 1.63. The molecular weight excluding hydrogens is 202 g/mol. The SMILES string of the molecule is COc1ccccc1-c1ccnc(N)c1N. The fourth-order valence-electron chi connectivity index (χ4n) is 1.59. The smallest absolute Gasteiger partial charge is 0.147 e. The van der Waals surface area contributed by atoms with Crippen LogP contribution in [0.15, 0.2) is 36.5 Å². The van der Waals surface area contributed by atoms with E-state index in [1.807, 2.05) is 30.3 Å². The Hall–Kier alpha value is -2.23. The molecule has 1 heterocycles. The van der Waals surface area contributed by atoms with E-state index in [4.69, 9.17) is 16.2 Å². The third-order valence-electron chi connectivity index (χ3n) is 2.42. The van der Waals surface area contributed by atoms with E-state index < -0.39 is 0 Å². The number of hydrogen-bond acceptors (Lipinski definition) is 4. The van der Waals surface area contributed by atoms with E-state index in [-0.39, 0.29) is 0 Å². The monoisotopic (exact) mass is 215 g/mol. The standard InChI is InChI=1S/C12H13N3O/c1-16-10-5-3-2-4-8(10)9-6-7-15-12(14)11(9)13/h2-7H,13H2,1H3,(H2,14,15). The lowest BCUT2D eigenvalue weighted by Crippen LogP contribution is -2.00. The molecule has 0 bridgehead atoms. The van der Waals surface area contributed by atoms with Gasteiger partial charge in [-0.2, -0.15) is 0 Å². The van der Waals surface area contributed by atoms with Crippen molar-refractivity contribution < 1.29 is 4.74 Å². The molecule has 0 aliphatic carbocycles. The maximum atomic E-state index is 5.90. The number of methoxy groups -OCH3 is 1. The summed E-state index contributed by atoms with van der Waals surface area (Å²) in [6.45, 7) is 0. The Balaban J connectivity index is 2.63. The second-order valence-corrected chi connectivity index (χ2v) is 3.36. The number of para-hydroxylation sites is 1. The van der Waals surface area contributed by atoms with Crippen LogP contribution in [0, 0.1) is 0 Å². The molecule has 0 atom stereocenters. The summed E-state index contributed by atoms with van der Waals surface area (Å²) < 4.78 is 5.28. The average molecular weight is 215 g/mol. The van der Waals surface area contributed by atoms with Crippen molar-refractivity contribution in [3.05, 3.63) is 36.5 Å². The summed E-state index contributed by atoms with van der Waals surface area (Å²) in [5.41, 5.74) is 13.8. The fourth-order valence-corrected chi connectivity index (χ4v) is 1.59. The largest absolute Gasteiger partial charge is 0.496 e. The average Bonchev–Trinajstić information content (AvgIpc) is 2.33. The number of anilines is 2. The minimum atomic E-state index is 0.336. The molecule has 4 heteroatoms. The summed E-state index contributed by atoms with van der Waals surface area (Å²) in [6, 6.07) is 9.47. The Morgan fingerprint density at radius 1 is 1.06 bits per heavy atom. The lowest BCUT2D eigenvalue weighted by molar-refractivity contribution is 0.416. The van der Waals surface area contributed by atoms with Crippen LogP contribution in [0.5, 0.6) is 5.75 Å². The molecule has 1 aromatic carbocycles. The van der Waals surface area contributed by atoms with Gasteiger partial charge in [-0.25, -0.2) is 4.98 Å². The minimum absolute atomic E-state index is 0.336. The van der Waals surface area contributed by atoms with Gasteiger partial charge in [-0.15, -0.1) is 0 Å². The van der Waals surface area contributed by atoms with Gasteiger partial charge in [0.25, 0.3) is 0 Å². The zero-order chi connectivity index (χ0) is 11.5. The maximum Gasteiger partial charge on any atom is 0.147 e. The predicted molar refractivity (Wildman–Crippen MR) is 65.0 cm³/mol. The molecule has 0 aliphatic rings. The molecule has 16 heavy (non-hydrogen) atoms. The van der Waals surface area contributed by atoms with Crippen molar-refractivity contribution in [2.75, 3.05) is 18.6 Å². The summed E-state index contributed by atoms with van der Waals surface area (Å²) in [5.74, 6) is 1.10. The molecule has 0 spiro atoms. The van der Waals surface area contributed by atoms with Crippen molar-refractivity contribution in [1.29, 1.82) is 0 Å². The zero-order valence-corrected chi connectivity index (χ0v) is 8.97.